The molecule has 3 aromatic rings. The van der Waals surface area contributed by atoms with Gasteiger partial charge in [0.1, 0.15) is 5.82 Å². The molecule has 0 saturated heterocycles. The molecule has 0 fully saturated rings. The molecule has 26 heavy (non-hydrogen) atoms. The number of hydrogen-bond acceptors (Lipinski definition) is 4. The van der Waals surface area contributed by atoms with Crippen LogP contribution in [0.4, 0.5) is 19.1 Å². The van der Waals surface area contributed by atoms with Crippen molar-refractivity contribution >= 4 is 22.8 Å². The van der Waals surface area contributed by atoms with Crippen LogP contribution in [0, 0.1) is 0 Å². The molecule has 1 aliphatic rings. The van der Waals surface area contributed by atoms with E-state index in [1.807, 2.05) is 30.5 Å². The highest BCUT2D eigenvalue weighted by Gasteiger charge is 2.39. The molecule has 134 valence electrons. The van der Waals surface area contributed by atoms with E-state index in [1.165, 1.54) is 4.68 Å². The molecular weight excluding hydrogens is 347 g/mol. The fourth-order valence-corrected chi connectivity index (χ4v) is 3.13. The molecule has 1 atom stereocenters. The Hall–Kier alpha value is -2.97. The predicted molar refractivity (Wildman–Crippen MR) is 87.5 cm³/mol. The summed E-state index contributed by atoms with van der Waals surface area (Å²) in [5.41, 5.74) is 1.96. The van der Waals surface area contributed by atoms with Crippen molar-refractivity contribution in [2.75, 3.05) is 5.32 Å². The van der Waals surface area contributed by atoms with E-state index >= 15 is 0 Å². The van der Waals surface area contributed by atoms with Crippen LogP contribution >= 0.6 is 0 Å². The van der Waals surface area contributed by atoms with Gasteiger partial charge in [0.2, 0.25) is 5.95 Å². The zero-order chi connectivity index (χ0) is 18.3. The Balaban J connectivity index is 1.54. The van der Waals surface area contributed by atoms with Gasteiger partial charge in [-0.1, -0.05) is 18.2 Å². The second-order valence-electron chi connectivity index (χ2n) is 6.18. The van der Waals surface area contributed by atoms with Crippen LogP contribution < -0.4 is 5.32 Å². The van der Waals surface area contributed by atoms with Crippen molar-refractivity contribution in [2.45, 2.75) is 31.5 Å². The Morgan fingerprint density at radius 3 is 2.88 bits per heavy atom. The fraction of sp³-hybridized carbons (Fsp3) is 0.294. The number of nitrogens with one attached hydrogen (secondary N) is 1. The predicted octanol–water partition coefficient (Wildman–Crippen LogP) is 3.06. The first-order valence-corrected chi connectivity index (χ1v) is 8.07. The molecule has 0 bridgehead atoms. The van der Waals surface area contributed by atoms with Gasteiger partial charge in [0.25, 0.3) is 0 Å². The summed E-state index contributed by atoms with van der Waals surface area (Å²) < 4.78 is 38.6. The number of halogens is 3. The van der Waals surface area contributed by atoms with E-state index in [9.17, 15) is 18.0 Å². The molecule has 0 aliphatic carbocycles. The van der Waals surface area contributed by atoms with Gasteiger partial charge in [-0.3, -0.25) is 15.1 Å². The number of alkyl halides is 3. The van der Waals surface area contributed by atoms with E-state index < -0.39 is 12.1 Å². The van der Waals surface area contributed by atoms with Gasteiger partial charge in [-0.2, -0.15) is 18.2 Å². The van der Waals surface area contributed by atoms with E-state index in [1.54, 1.807) is 5.32 Å². The molecule has 9 heteroatoms. The Kier molecular flexibility index (Phi) is 3.86. The first-order chi connectivity index (χ1) is 12.4. The summed E-state index contributed by atoms with van der Waals surface area (Å²) in [4.78, 5) is 19.5. The van der Waals surface area contributed by atoms with Crippen molar-refractivity contribution in [2.24, 2.45) is 0 Å². The topological polar surface area (TPSA) is 72.7 Å². The van der Waals surface area contributed by atoms with Crippen molar-refractivity contribution < 1.29 is 18.0 Å². The summed E-state index contributed by atoms with van der Waals surface area (Å²) in [6, 6.07) is 9.87. The van der Waals surface area contributed by atoms with Crippen molar-refractivity contribution in [1.82, 2.24) is 19.7 Å². The second kappa shape index (κ2) is 6.08. The smallest absolute Gasteiger partial charge is 0.285 e. The zero-order valence-electron chi connectivity index (χ0n) is 13.5. The third-order valence-electron chi connectivity index (χ3n) is 4.43. The first kappa shape index (κ1) is 16.5. The quantitative estimate of drug-likeness (QED) is 0.761. The SMILES string of the molecule is O=C(Nc1nc2n(n1)CCC(c1cnc3ccccc3c1)C2)C(F)(F)F. The third-order valence-corrected chi connectivity index (χ3v) is 4.43. The van der Waals surface area contributed by atoms with E-state index in [0.717, 1.165) is 22.9 Å². The summed E-state index contributed by atoms with van der Waals surface area (Å²) in [5, 5.41) is 6.68. The summed E-state index contributed by atoms with van der Waals surface area (Å²) in [6.07, 6.45) is -1.85. The van der Waals surface area contributed by atoms with Gasteiger partial charge in [-0.15, -0.1) is 5.10 Å². The zero-order valence-corrected chi connectivity index (χ0v) is 13.5. The van der Waals surface area contributed by atoms with Gasteiger partial charge in [0, 0.05) is 24.5 Å². The van der Waals surface area contributed by atoms with Crippen LogP contribution in [0.15, 0.2) is 36.5 Å². The lowest BCUT2D eigenvalue weighted by molar-refractivity contribution is -0.167. The van der Waals surface area contributed by atoms with Crippen LogP contribution in [0.25, 0.3) is 10.9 Å². The summed E-state index contributed by atoms with van der Waals surface area (Å²) in [6.45, 7) is 0.516. The number of anilines is 1. The molecule has 4 rings (SSSR count). The molecule has 1 aromatic carbocycles. The highest BCUT2D eigenvalue weighted by atomic mass is 19.4. The summed E-state index contributed by atoms with van der Waals surface area (Å²) in [7, 11) is 0. The lowest BCUT2D eigenvalue weighted by Gasteiger charge is -2.22. The minimum Gasteiger partial charge on any atom is -0.285 e. The van der Waals surface area contributed by atoms with Crippen LogP contribution in [0.3, 0.4) is 0 Å². The molecule has 1 amide bonds. The van der Waals surface area contributed by atoms with Crippen molar-refractivity contribution in [1.29, 1.82) is 0 Å². The number of hydrogen-bond donors (Lipinski definition) is 1. The third kappa shape index (κ3) is 3.12. The molecule has 1 N–H and O–H groups in total. The Labute approximate surface area is 146 Å². The molecular formula is C17H14F3N5O. The molecule has 0 saturated carbocycles. The molecule has 3 heterocycles. The summed E-state index contributed by atoms with van der Waals surface area (Å²) >= 11 is 0. The molecule has 0 spiro atoms. The van der Waals surface area contributed by atoms with Crippen LogP contribution in [-0.2, 0) is 17.8 Å². The number of aromatic nitrogens is 4. The second-order valence-corrected chi connectivity index (χ2v) is 6.18. The van der Waals surface area contributed by atoms with Gasteiger partial charge in [-0.25, -0.2) is 4.68 Å². The van der Waals surface area contributed by atoms with Crippen molar-refractivity contribution in [3.05, 3.63) is 47.9 Å². The monoisotopic (exact) mass is 361 g/mol. The summed E-state index contributed by atoms with van der Waals surface area (Å²) in [5.74, 6) is -1.70. The van der Waals surface area contributed by atoms with Crippen LogP contribution in [-0.4, -0.2) is 31.8 Å². The van der Waals surface area contributed by atoms with E-state index in [0.29, 0.717) is 18.8 Å². The maximum Gasteiger partial charge on any atom is 0.471 e. The Morgan fingerprint density at radius 2 is 2.08 bits per heavy atom. The van der Waals surface area contributed by atoms with Crippen LogP contribution in [0.2, 0.25) is 0 Å². The number of para-hydroxylation sites is 1. The number of pyridine rings is 1. The fourth-order valence-electron chi connectivity index (χ4n) is 3.13. The lowest BCUT2D eigenvalue weighted by Crippen LogP contribution is -2.30. The van der Waals surface area contributed by atoms with Gasteiger partial charge >= 0.3 is 12.1 Å². The van der Waals surface area contributed by atoms with E-state index in [2.05, 4.69) is 21.1 Å². The maximum atomic E-state index is 12.3. The number of carbonyl (C=O) groups is 1. The standard InChI is InChI=1S/C17H14F3N5O/c18-17(19,20)15(26)23-16-22-14-8-10(5-6-25(14)24-16)12-7-11-3-1-2-4-13(11)21-9-12/h1-4,7,9-10H,5-6,8H2,(H,23,24,26). The first-order valence-electron chi connectivity index (χ1n) is 8.07. The van der Waals surface area contributed by atoms with Gasteiger partial charge in [0.05, 0.1) is 5.52 Å². The lowest BCUT2D eigenvalue weighted by atomic mass is 9.90. The Morgan fingerprint density at radius 1 is 1.27 bits per heavy atom. The molecule has 1 aliphatic heterocycles. The minimum atomic E-state index is -4.97. The average molecular weight is 361 g/mol. The number of rotatable bonds is 2. The number of nitrogens with zero attached hydrogens (tertiary/aromatic N) is 4. The minimum absolute atomic E-state index is 0.148. The maximum absolute atomic E-state index is 12.3. The molecule has 2 aromatic heterocycles. The van der Waals surface area contributed by atoms with Gasteiger partial charge in [-0.05, 0) is 30.0 Å². The van der Waals surface area contributed by atoms with E-state index in [-0.39, 0.29) is 11.9 Å². The largest absolute Gasteiger partial charge is 0.471 e. The average Bonchev–Trinajstić information content (AvgIpc) is 3.01. The van der Waals surface area contributed by atoms with E-state index in [4.69, 9.17) is 0 Å². The van der Waals surface area contributed by atoms with Gasteiger partial charge < -0.3 is 0 Å². The van der Waals surface area contributed by atoms with Crippen molar-refractivity contribution in [3.63, 3.8) is 0 Å². The van der Waals surface area contributed by atoms with Crippen LogP contribution in [0.1, 0.15) is 23.7 Å². The normalized spacial score (nSPS) is 17.1. The number of carbonyl (C=O) groups excluding carboxylic acids is 1. The Bertz CT molecular complexity index is 982. The number of fused-ring (bicyclic) bond motifs is 2. The van der Waals surface area contributed by atoms with Crippen LogP contribution in [0.5, 0.6) is 0 Å². The number of benzene rings is 1. The number of aryl methyl sites for hydroxylation is 1. The molecule has 0 radical (unpaired) electrons. The van der Waals surface area contributed by atoms with Crippen molar-refractivity contribution in [3.8, 4) is 0 Å². The molecule has 1 unspecified atom stereocenters. The number of amides is 1. The highest BCUT2D eigenvalue weighted by molar-refractivity contribution is 5.93. The van der Waals surface area contributed by atoms with Gasteiger partial charge in [0.15, 0.2) is 0 Å². The highest BCUT2D eigenvalue weighted by Crippen LogP contribution is 2.30. The molecule has 6 nitrogen and oxygen atoms in total.